The number of carbonyl (C=O) groups is 1. The van der Waals surface area contributed by atoms with E-state index in [1.54, 1.807) is 10.9 Å². The minimum absolute atomic E-state index is 0.0406. The summed E-state index contributed by atoms with van der Waals surface area (Å²) < 4.78 is 3.72. The van der Waals surface area contributed by atoms with Gasteiger partial charge in [0.2, 0.25) is 5.91 Å². The smallest absolute Gasteiger partial charge is 0.224 e. The summed E-state index contributed by atoms with van der Waals surface area (Å²) in [4.78, 5) is 12.1. The lowest BCUT2D eigenvalue weighted by Crippen LogP contribution is -2.35. The molecule has 0 aliphatic rings. The van der Waals surface area contributed by atoms with E-state index < -0.39 is 0 Å². The van der Waals surface area contributed by atoms with Gasteiger partial charge >= 0.3 is 0 Å². The molecule has 2 aromatic heterocycles. The van der Waals surface area contributed by atoms with Crippen molar-refractivity contribution in [3.05, 3.63) is 35.9 Å². The molecule has 0 saturated heterocycles. The zero-order chi connectivity index (χ0) is 15.4. The Balaban J connectivity index is 1.84. The van der Waals surface area contributed by atoms with Crippen LogP contribution in [0.15, 0.2) is 24.5 Å². The third-order valence-electron chi connectivity index (χ3n) is 3.50. The second kappa shape index (κ2) is 6.56. The highest BCUT2D eigenvalue weighted by atomic mass is 16.1. The number of rotatable bonds is 6. The molecule has 0 aliphatic carbocycles. The van der Waals surface area contributed by atoms with Crippen LogP contribution in [0.3, 0.4) is 0 Å². The van der Waals surface area contributed by atoms with Crippen LogP contribution in [-0.2, 0) is 11.3 Å². The molecule has 2 aromatic rings. The lowest BCUT2D eigenvalue weighted by Gasteiger charge is -2.17. The molecule has 0 aliphatic heterocycles. The van der Waals surface area contributed by atoms with Gasteiger partial charge in [-0.05, 0) is 32.9 Å². The first-order chi connectivity index (χ1) is 9.97. The van der Waals surface area contributed by atoms with Gasteiger partial charge in [-0.3, -0.25) is 14.2 Å². The van der Waals surface area contributed by atoms with Crippen molar-refractivity contribution in [2.45, 2.75) is 40.3 Å². The summed E-state index contributed by atoms with van der Waals surface area (Å²) in [6, 6.07) is 4.04. The standard InChI is InChI=1S/C15H23N5O/c1-11(10-19-7-5-6-17-19)15(21)16-9-14(4)20-13(3)8-12(2)18-20/h5-8,11,14H,9-10H2,1-4H3,(H,16,21)/t11-,14+/m0/s1. The largest absolute Gasteiger partial charge is 0.354 e. The summed E-state index contributed by atoms with van der Waals surface area (Å²) in [6.07, 6.45) is 3.58. The summed E-state index contributed by atoms with van der Waals surface area (Å²) >= 11 is 0. The topological polar surface area (TPSA) is 64.7 Å². The van der Waals surface area contributed by atoms with Gasteiger partial charge in [-0.1, -0.05) is 6.92 Å². The molecule has 0 bridgehead atoms. The summed E-state index contributed by atoms with van der Waals surface area (Å²) in [5, 5.41) is 11.6. The van der Waals surface area contributed by atoms with Crippen LogP contribution >= 0.6 is 0 Å². The molecular weight excluding hydrogens is 266 g/mol. The van der Waals surface area contributed by atoms with Crippen LogP contribution in [0.5, 0.6) is 0 Å². The van der Waals surface area contributed by atoms with Crippen molar-refractivity contribution < 1.29 is 4.79 Å². The molecule has 2 heterocycles. The molecule has 0 spiro atoms. The lowest BCUT2D eigenvalue weighted by molar-refractivity contribution is -0.125. The summed E-state index contributed by atoms with van der Waals surface area (Å²) in [7, 11) is 0. The van der Waals surface area contributed by atoms with E-state index in [0.29, 0.717) is 13.1 Å². The molecule has 0 aromatic carbocycles. The molecule has 0 radical (unpaired) electrons. The molecule has 114 valence electrons. The van der Waals surface area contributed by atoms with Gasteiger partial charge in [-0.2, -0.15) is 10.2 Å². The first-order valence-corrected chi connectivity index (χ1v) is 7.25. The highest BCUT2D eigenvalue weighted by Crippen LogP contribution is 2.10. The minimum Gasteiger partial charge on any atom is -0.354 e. The van der Waals surface area contributed by atoms with E-state index in [1.165, 1.54) is 0 Å². The van der Waals surface area contributed by atoms with E-state index in [1.807, 2.05) is 43.8 Å². The predicted molar refractivity (Wildman–Crippen MR) is 80.8 cm³/mol. The Morgan fingerprint density at radius 2 is 2.14 bits per heavy atom. The van der Waals surface area contributed by atoms with Crippen molar-refractivity contribution >= 4 is 5.91 Å². The number of hydrogen-bond acceptors (Lipinski definition) is 3. The van der Waals surface area contributed by atoms with Gasteiger partial charge in [0, 0.05) is 24.6 Å². The van der Waals surface area contributed by atoms with E-state index in [-0.39, 0.29) is 17.9 Å². The van der Waals surface area contributed by atoms with Crippen LogP contribution in [0.2, 0.25) is 0 Å². The van der Waals surface area contributed by atoms with Crippen LogP contribution in [0.4, 0.5) is 0 Å². The van der Waals surface area contributed by atoms with Gasteiger partial charge in [0.05, 0.1) is 24.2 Å². The lowest BCUT2D eigenvalue weighted by atomic mass is 10.1. The molecule has 0 unspecified atom stereocenters. The van der Waals surface area contributed by atoms with Crippen molar-refractivity contribution in [2.75, 3.05) is 6.54 Å². The average molecular weight is 289 g/mol. The maximum atomic E-state index is 12.1. The van der Waals surface area contributed by atoms with Gasteiger partial charge < -0.3 is 5.32 Å². The van der Waals surface area contributed by atoms with E-state index in [2.05, 4.69) is 22.4 Å². The highest BCUT2D eigenvalue weighted by molar-refractivity contribution is 5.78. The Bertz CT molecular complexity index is 587. The second-order valence-electron chi connectivity index (χ2n) is 5.59. The Morgan fingerprint density at radius 1 is 1.38 bits per heavy atom. The Morgan fingerprint density at radius 3 is 2.71 bits per heavy atom. The number of aryl methyl sites for hydroxylation is 2. The third-order valence-corrected chi connectivity index (χ3v) is 3.50. The SMILES string of the molecule is Cc1cc(C)n([C@H](C)CNC(=O)[C@@H](C)Cn2cccn2)n1. The fourth-order valence-corrected chi connectivity index (χ4v) is 2.37. The second-order valence-corrected chi connectivity index (χ2v) is 5.59. The fraction of sp³-hybridized carbons (Fsp3) is 0.533. The number of aromatic nitrogens is 4. The Labute approximate surface area is 125 Å². The van der Waals surface area contributed by atoms with E-state index >= 15 is 0 Å². The first-order valence-electron chi connectivity index (χ1n) is 7.25. The van der Waals surface area contributed by atoms with Crippen LogP contribution in [0.25, 0.3) is 0 Å². The van der Waals surface area contributed by atoms with E-state index in [0.717, 1.165) is 11.4 Å². The van der Waals surface area contributed by atoms with Crippen molar-refractivity contribution in [1.29, 1.82) is 0 Å². The monoisotopic (exact) mass is 289 g/mol. The molecular formula is C15H23N5O. The molecule has 1 N–H and O–H groups in total. The van der Waals surface area contributed by atoms with Gasteiger partial charge in [0.15, 0.2) is 0 Å². The summed E-state index contributed by atoms with van der Waals surface area (Å²) in [5.41, 5.74) is 2.11. The fourth-order valence-electron chi connectivity index (χ4n) is 2.37. The molecule has 21 heavy (non-hydrogen) atoms. The number of nitrogens with zero attached hydrogens (tertiary/aromatic N) is 4. The maximum absolute atomic E-state index is 12.1. The summed E-state index contributed by atoms with van der Waals surface area (Å²) in [5.74, 6) is -0.0727. The van der Waals surface area contributed by atoms with Crippen LogP contribution < -0.4 is 5.32 Å². The Hall–Kier alpha value is -2.11. The van der Waals surface area contributed by atoms with Gasteiger partial charge in [-0.25, -0.2) is 0 Å². The maximum Gasteiger partial charge on any atom is 0.224 e. The number of hydrogen-bond donors (Lipinski definition) is 1. The van der Waals surface area contributed by atoms with Crippen LogP contribution in [0.1, 0.15) is 31.3 Å². The zero-order valence-corrected chi connectivity index (χ0v) is 13.1. The third kappa shape index (κ3) is 3.93. The quantitative estimate of drug-likeness (QED) is 0.880. The molecule has 1 amide bonds. The van der Waals surface area contributed by atoms with Crippen molar-refractivity contribution in [2.24, 2.45) is 5.92 Å². The Kier molecular flexibility index (Phi) is 4.77. The molecule has 2 atom stereocenters. The predicted octanol–water partition coefficient (Wildman–Crippen LogP) is 1.71. The molecule has 6 heteroatoms. The van der Waals surface area contributed by atoms with Crippen LogP contribution in [0, 0.1) is 19.8 Å². The van der Waals surface area contributed by atoms with Gasteiger partial charge in [0.25, 0.3) is 0 Å². The normalized spacial score (nSPS) is 13.9. The molecule has 2 rings (SSSR count). The van der Waals surface area contributed by atoms with Crippen molar-refractivity contribution in [3.63, 3.8) is 0 Å². The minimum atomic E-state index is -0.113. The van der Waals surface area contributed by atoms with Gasteiger partial charge in [-0.15, -0.1) is 0 Å². The van der Waals surface area contributed by atoms with E-state index in [4.69, 9.17) is 0 Å². The summed E-state index contributed by atoms with van der Waals surface area (Å²) in [6.45, 7) is 9.12. The van der Waals surface area contributed by atoms with Crippen LogP contribution in [-0.4, -0.2) is 32.0 Å². The number of amides is 1. The number of nitrogens with one attached hydrogen (secondary N) is 1. The molecule has 0 saturated carbocycles. The first kappa shape index (κ1) is 15.3. The van der Waals surface area contributed by atoms with Gasteiger partial charge in [0.1, 0.15) is 0 Å². The van der Waals surface area contributed by atoms with Crippen molar-refractivity contribution in [1.82, 2.24) is 24.9 Å². The van der Waals surface area contributed by atoms with Crippen molar-refractivity contribution in [3.8, 4) is 0 Å². The zero-order valence-electron chi connectivity index (χ0n) is 13.1. The van der Waals surface area contributed by atoms with E-state index in [9.17, 15) is 4.79 Å². The highest BCUT2D eigenvalue weighted by Gasteiger charge is 2.16. The number of carbonyl (C=O) groups excluding carboxylic acids is 1. The average Bonchev–Trinajstić information content (AvgIpc) is 3.05. The molecule has 6 nitrogen and oxygen atoms in total. The molecule has 0 fully saturated rings.